The molecule has 0 aromatic heterocycles. The van der Waals surface area contributed by atoms with Crippen LogP contribution in [0, 0.1) is 12.7 Å². The summed E-state index contributed by atoms with van der Waals surface area (Å²) in [6, 6.07) is 11.3. The van der Waals surface area contributed by atoms with E-state index in [4.69, 9.17) is 0 Å². The molecule has 1 N–H and O–H groups in total. The maximum absolute atomic E-state index is 13.3. The summed E-state index contributed by atoms with van der Waals surface area (Å²) in [5.74, 6) is -0.667. The van der Waals surface area contributed by atoms with E-state index in [1.807, 2.05) is 25.1 Å². The number of halogens is 1. The molecule has 1 aliphatic heterocycles. The fourth-order valence-corrected chi connectivity index (χ4v) is 2.82. The van der Waals surface area contributed by atoms with E-state index in [0.717, 1.165) is 16.8 Å². The summed E-state index contributed by atoms with van der Waals surface area (Å²) in [5.41, 5.74) is 2.74. The van der Waals surface area contributed by atoms with Gasteiger partial charge in [0.2, 0.25) is 0 Å². The van der Waals surface area contributed by atoms with Gasteiger partial charge < -0.3 is 10.0 Å². The molecule has 0 saturated carbocycles. The lowest BCUT2D eigenvalue weighted by Gasteiger charge is -2.33. The summed E-state index contributed by atoms with van der Waals surface area (Å²) in [7, 11) is 0. The monoisotopic (exact) mass is 285 g/mol. The molecule has 1 heterocycles. The number of carbonyl (C=O) groups is 1. The van der Waals surface area contributed by atoms with Crippen molar-refractivity contribution in [1.82, 2.24) is 0 Å². The van der Waals surface area contributed by atoms with Crippen molar-refractivity contribution in [3.8, 4) is 0 Å². The highest BCUT2D eigenvalue weighted by atomic mass is 19.1. The highest BCUT2D eigenvalue weighted by Gasteiger charge is 2.29. The average Bonchev–Trinajstić information content (AvgIpc) is 2.48. The van der Waals surface area contributed by atoms with Crippen LogP contribution in [0.15, 0.2) is 42.5 Å². The van der Waals surface area contributed by atoms with Crippen molar-refractivity contribution < 1.29 is 14.3 Å². The number of hydrogen-bond donors (Lipinski definition) is 1. The van der Waals surface area contributed by atoms with E-state index in [1.54, 1.807) is 11.0 Å². The molecule has 21 heavy (non-hydrogen) atoms. The number of hydrogen-bond acceptors (Lipinski definition) is 2. The maximum atomic E-state index is 13.3. The lowest BCUT2D eigenvalue weighted by atomic mass is 9.95. The van der Waals surface area contributed by atoms with E-state index in [0.29, 0.717) is 18.5 Å². The molecule has 0 radical (unpaired) electrons. The SMILES string of the molecule is Cc1cccc2c1N(C(=O)c1cccc(F)c1)CCC2O. The van der Waals surface area contributed by atoms with Gasteiger partial charge >= 0.3 is 0 Å². The van der Waals surface area contributed by atoms with Crippen molar-refractivity contribution in [2.24, 2.45) is 0 Å². The topological polar surface area (TPSA) is 40.5 Å². The van der Waals surface area contributed by atoms with Gasteiger partial charge in [-0.3, -0.25) is 4.79 Å². The first-order valence-electron chi connectivity index (χ1n) is 6.93. The zero-order valence-corrected chi connectivity index (χ0v) is 11.7. The van der Waals surface area contributed by atoms with Crippen LogP contribution in [0.4, 0.5) is 10.1 Å². The third kappa shape index (κ3) is 2.43. The predicted octanol–water partition coefficient (Wildman–Crippen LogP) is 3.22. The van der Waals surface area contributed by atoms with Crippen LogP contribution in [0.3, 0.4) is 0 Å². The number of nitrogens with zero attached hydrogens (tertiary/aromatic N) is 1. The Morgan fingerprint density at radius 2 is 2.05 bits per heavy atom. The van der Waals surface area contributed by atoms with Crippen molar-refractivity contribution >= 4 is 11.6 Å². The molecule has 0 bridgehead atoms. The first-order valence-corrected chi connectivity index (χ1v) is 6.93. The second-order valence-electron chi connectivity index (χ2n) is 5.28. The number of rotatable bonds is 1. The predicted molar refractivity (Wildman–Crippen MR) is 78.8 cm³/mol. The normalized spacial score (nSPS) is 17.5. The molecular formula is C17H16FNO2. The first-order chi connectivity index (χ1) is 10.1. The van der Waals surface area contributed by atoms with Crippen LogP contribution < -0.4 is 4.90 Å². The molecule has 0 aliphatic carbocycles. The van der Waals surface area contributed by atoms with Gasteiger partial charge in [-0.05, 0) is 37.1 Å². The Morgan fingerprint density at radius 1 is 1.29 bits per heavy atom. The van der Waals surface area contributed by atoms with E-state index >= 15 is 0 Å². The molecule has 2 aromatic rings. The number of aryl methyl sites for hydroxylation is 1. The van der Waals surface area contributed by atoms with Crippen LogP contribution in [-0.2, 0) is 0 Å². The molecule has 1 aliphatic rings. The lowest BCUT2D eigenvalue weighted by Crippen LogP contribution is -2.37. The van der Waals surface area contributed by atoms with Crippen molar-refractivity contribution in [1.29, 1.82) is 0 Å². The number of amides is 1. The van der Waals surface area contributed by atoms with Crippen LogP contribution in [0.25, 0.3) is 0 Å². The quantitative estimate of drug-likeness (QED) is 0.874. The van der Waals surface area contributed by atoms with Crippen LogP contribution in [0.2, 0.25) is 0 Å². The largest absolute Gasteiger partial charge is 0.388 e. The first kappa shape index (κ1) is 13.8. The number of anilines is 1. The van der Waals surface area contributed by atoms with Gasteiger partial charge in [0.25, 0.3) is 5.91 Å². The van der Waals surface area contributed by atoms with Crippen LogP contribution in [-0.4, -0.2) is 17.6 Å². The fraction of sp³-hybridized carbons (Fsp3) is 0.235. The average molecular weight is 285 g/mol. The molecular weight excluding hydrogens is 269 g/mol. The van der Waals surface area contributed by atoms with Crippen molar-refractivity contribution in [3.05, 3.63) is 65.0 Å². The van der Waals surface area contributed by atoms with Crippen LogP contribution in [0.5, 0.6) is 0 Å². The minimum Gasteiger partial charge on any atom is -0.388 e. The van der Waals surface area contributed by atoms with E-state index < -0.39 is 11.9 Å². The highest BCUT2D eigenvalue weighted by molar-refractivity contribution is 6.07. The summed E-state index contributed by atoms with van der Waals surface area (Å²) in [6.45, 7) is 2.33. The Labute approximate surface area is 122 Å². The molecule has 0 spiro atoms. The van der Waals surface area contributed by atoms with Gasteiger partial charge in [-0.15, -0.1) is 0 Å². The molecule has 4 heteroatoms. The van der Waals surface area contributed by atoms with Crippen molar-refractivity contribution in [2.75, 3.05) is 11.4 Å². The van der Waals surface area contributed by atoms with E-state index in [9.17, 15) is 14.3 Å². The van der Waals surface area contributed by atoms with E-state index in [2.05, 4.69) is 0 Å². The Bertz CT molecular complexity index is 699. The lowest BCUT2D eigenvalue weighted by molar-refractivity contribution is 0.0970. The van der Waals surface area contributed by atoms with Crippen molar-refractivity contribution in [3.63, 3.8) is 0 Å². The number of para-hydroxylation sites is 1. The molecule has 108 valence electrons. The molecule has 3 nitrogen and oxygen atoms in total. The number of fused-ring (bicyclic) bond motifs is 1. The standard InChI is InChI=1S/C17H16FNO2/c1-11-4-2-7-14-15(20)8-9-19(16(11)14)17(21)12-5-3-6-13(18)10-12/h2-7,10,15,20H,8-9H2,1H3. The van der Waals surface area contributed by atoms with Gasteiger partial charge in [0.05, 0.1) is 11.8 Å². The van der Waals surface area contributed by atoms with Gasteiger partial charge in [-0.2, -0.15) is 0 Å². The zero-order valence-electron chi connectivity index (χ0n) is 11.7. The molecule has 3 rings (SSSR count). The minimum atomic E-state index is -0.559. The van der Waals surface area contributed by atoms with Crippen molar-refractivity contribution in [2.45, 2.75) is 19.4 Å². The maximum Gasteiger partial charge on any atom is 0.258 e. The highest BCUT2D eigenvalue weighted by Crippen LogP contribution is 2.36. The van der Waals surface area contributed by atoms with Gasteiger partial charge in [0.15, 0.2) is 0 Å². The smallest absolute Gasteiger partial charge is 0.258 e. The van der Waals surface area contributed by atoms with Crippen LogP contribution in [0.1, 0.15) is 34.0 Å². The van der Waals surface area contributed by atoms with Gasteiger partial charge in [-0.1, -0.05) is 24.3 Å². The summed E-state index contributed by atoms with van der Waals surface area (Å²) < 4.78 is 13.3. The van der Waals surface area contributed by atoms with Crippen LogP contribution >= 0.6 is 0 Å². The van der Waals surface area contributed by atoms with Gasteiger partial charge in [0, 0.05) is 17.7 Å². The van der Waals surface area contributed by atoms with E-state index in [1.165, 1.54) is 18.2 Å². The third-order valence-electron chi connectivity index (χ3n) is 3.84. The molecule has 1 unspecified atom stereocenters. The Morgan fingerprint density at radius 3 is 2.81 bits per heavy atom. The molecule has 1 atom stereocenters. The Hall–Kier alpha value is -2.20. The summed E-state index contributed by atoms with van der Waals surface area (Å²) in [5, 5.41) is 10.1. The second-order valence-corrected chi connectivity index (χ2v) is 5.28. The Balaban J connectivity index is 2.05. The summed E-state index contributed by atoms with van der Waals surface area (Å²) in [6.07, 6.45) is -0.0752. The van der Waals surface area contributed by atoms with E-state index in [-0.39, 0.29) is 5.91 Å². The number of carbonyl (C=O) groups excluding carboxylic acids is 1. The second kappa shape index (κ2) is 5.30. The number of aliphatic hydroxyl groups excluding tert-OH is 1. The number of aliphatic hydroxyl groups is 1. The number of benzene rings is 2. The van der Waals surface area contributed by atoms with Gasteiger partial charge in [-0.25, -0.2) is 4.39 Å². The molecule has 0 saturated heterocycles. The minimum absolute atomic E-state index is 0.239. The zero-order chi connectivity index (χ0) is 15.0. The fourth-order valence-electron chi connectivity index (χ4n) is 2.82. The van der Waals surface area contributed by atoms with Gasteiger partial charge in [0.1, 0.15) is 5.82 Å². The molecule has 0 fully saturated rings. The molecule has 1 amide bonds. The summed E-state index contributed by atoms with van der Waals surface area (Å²) >= 11 is 0. The Kier molecular flexibility index (Phi) is 3.47. The summed E-state index contributed by atoms with van der Waals surface area (Å²) in [4.78, 5) is 14.3. The third-order valence-corrected chi connectivity index (χ3v) is 3.84. The molecule has 2 aromatic carbocycles.